The smallest absolute Gasteiger partial charge is 0.153 e. The maximum Gasteiger partial charge on any atom is 0.153 e. The third-order valence-electron chi connectivity index (χ3n) is 2.44. The highest BCUT2D eigenvalue weighted by atomic mass is 32.2. The molecule has 2 unspecified atom stereocenters. The zero-order valence-electron chi connectivity index (χ0n) is 7.29. The van der Waals surface area contributed by atoms with Crippen LogP contribution in [0.25, 0.3) is 0 Å². The van der Waals surface area contributed by atoms with Gasteiger partial charge in [-0.05, 0) is 18.8 Å². The predicted molar refractivity (Wildman–Crippen MR) is 46.6 cm³/mol. The van der Waals surface area contributed by atoms with Gasteiger partial charge in [0.25, 0.3) is 0 Å². The first-order chi connectivity index (χ1) is 5.53. The third kappa shape index (κ3) is 2.73. The first-order valence-electron chi connectivity index (χ1n) is 4.38. The highest BCUT2D eigenvalue weighted by Crippen LogP contribution is 2.23. The molecule has 0 spiro atoms. The fraction of sp³-hybridized carbons (Fsp3) is 1.00. The van der Waals surface area contributed by atoms with E-state index >= 15 is 0 Å². The molecule has 0 aliphatic carbocycles. The molecule has 72 valence electrons. The van der Waals surface area contributed by atoms with Crippen LogP contribution in [0.4, 0.5) is 4.39 Å². The van der Waals surface area contributed by atoms with Crippen molar-refractivity contribution < 1.29 is 12.8 Å². The molecule has 1 saturated heterocycles. The molecular weight excluding hydrogens is 179 g/mol. The Kier molecular flexibility index (Phi) is 3.09. The van der Waals surface area contributed by atoms with Crippen LogP contribution in [0, 0.1) is 5.92 Å². The summed E-state index contributed by atoms with van der Waals surface area (Å²) in [5.41, 5.74) is 0. The molecule has 0 saturated carbocycles. The molecule has 4 heteroatoms. The van der Waals surface area contributed by atoms with Crippen LogP contribution in [0.3, 0.4) is 0 Å². The van der Waals surface area contributed by atoms with Gasteiger partial charge in [-0.2, -0.15) is 0 Å². The quantitative estimate of drug-likeness (QED) is 0.635. The first-order valence-corrected chi connectivity index (χ1v) is 6.20. The summed E-state index contributed by atoms with van der Waals surface area (Å²) in [6.45, 7) is 1.98. The van der Waals surface area contributed by atoms with Crippen molar-refractivity contribution in [2.45, 2.75) is 32.4 Å². The minimum Gasteiger partial charge on any atom is -0.246 e. The van der Waals surface area contributed by atoms with E-state index in [2.05, 4.69) is 0 Å². The van der Waals surface area contributed by atoms with E-state index < -0.39 is 16.0 Å². The van der Waals surface area contributed by atoms with Gasteiger partial charge >= 0.3 is 0 Å². The molecule has 1 aliphatic rings. The van der Waals surface area contributed by atoms with Crippen molar-refractivity contribution in [3.8, 4) is 0 Å². The van der Waals surface area contributed by atoms with Crippen molar-refractivity contribution in [2.24, 2.45) is 5.92 Å². The zero-order valence-corrected chi connectivity index (χ0v) is 8.11. The molecule has 0 amide bonds. The van der Waals surface area contributed by atoms with Crippen molar-refractivity contribution >= 4 is 9.84 Å². The van der Waals surface area contributed by atoms with Crippen molar-refractivity contribution in [3.05, 3.63) is 0 Å². The molecule has 0 aromatic carbocycles. The summed E-state index contributed by atoms with van der Waals surface area (Å²) >= 11 is 0. The van der Waals surface area contributed by atoms with Gasteiger partial charge in [-0.15, -0.1) is 0 Å². The molecule has 0 radical (unpaired) electrons. The van der Waals surface area contributed by atoms with Gasteiger partial charge in [-0.3, -0.25) is 0 Å². The molecule has 12 heavy (non-hydrogen) atoms. The monoisotopic (exact) mass is 194 g/mol. The number of hydrogen-bond acceptors (Lipinski definition) is 2. The molecule has 2 atom stereocenters. The summed E-state index contributed by atoms with van der Waals surface area (Å²) in [5, 5.41) is 0. The van der Waals surface area contributed by atoms with Crippen molar-refractivity contribution in [1.82, 2.24) is 0 Å². The first kappa shape index (κ1) is 9.96. The Labute approximate surface area is 73.1 Å². The van der Waals surface area contributed by atoms with E-state index in [1.165, 1.54) is 0 Å². The molecule has 0 bridgehead atoms. The summed E-state index contributed by atoms with van der Waals surface area (Å²) in [4.78, 5) is 0. The molecular formula is C8H15FO2S. The second-order valence-electron chi connectivity index (χ2n) is 3.51. The average Bonchev–Trinajstić information content (AvgIpc) is 2.07. The maximum atomic E-state index is 13.0. The van der Waals surface area contributed by atoms with Crippen LogP contribution in [-0.2, 0) is 9.84 Å². The summed E-state index contributed by atoms with van der Waals surface area (Å²) in [7, 11) is -3.09. The summed E-state index contributed by atoms with van der Waals surface area (Å²) < 4.78 is 35.2. The van der Waals surface area contributed by atoms with Gasteiger partial charge in [0.2, 0.25) is 0 Å². The van der Waals surface area contributed by atoms with Crippen LogP contribution in [-0.4, -0.2) is 26.1 Å². The van der Waals surface area contributed by atoms with Gasteiger partial charge in [0, 0.05) is 0 Å². The summed E-state index contributed by atoms with van der Waals surface area (Å²) in [5.74, 6) is 0.173. The van der Waals surface area contributed by atoms with Crippen molar-refractivity contribution in [1.29, 1.82) is 0 Å². The average molecular weight is 194 g/mol. The van der Waals surface area contributed by atoms with E-state index in [0.29, 0.717) is 12.8 Å². The fourth-order valence-electron chi connectivity index (χ4n) is 1.62. The lowest BCUT2D eigenvalue weighted by atomic mass is 9.97. The van der Waals surface area contributed by atoms with Gasteiger partial charge in [0.05, 0.1) is 11.5 Å². The Balaban J connectivity index is 2.65. The number of sulfone groups is 1. The molecule has 1 aliphatic heterocycles. The van der Waals surface area contributed by atoms with Crippen molar-refractivity contribution in [2.75, 3.05) is 11.5 Å². The number of rotatable bonds is 1. The van der Waals surface area contributed by atoms with E-state index in [4.69, 9.17) is 0 Å². The van der Waals surface area contributed by atoms with Crippen LogP contribution >= 0.6 is 0 Å². The summed E-state index contributed by atoms with van der Waals surface area (Å²) in [6.07, 6.45) is 0.813. The van der Waals surface area contributed by atoms with E-state index in [1.807, 2.05) is 6.92 Å². The molecule has 0 aromatic rings. The van der Waals surface area contributed by atoms with Crippen LogP contribution in [0.15, 0.2) is 0 Å². The van der Waals surface area contributed by atoms with Gasteiger partial charge in [-0.25, -0.2) is 12.8 Å². The largest absolute Gasteiger partial charge is 0.246 e. The topological polar surface area (TPSA) is 34.1 Å². The minimum atomic E-state index is -3.09. The third-order valence-corrected chi connectivity index (χ3v) is 4.17. The number of hydrogen-bond donors (Lipinski definition) is 0. The van der Waals surface area contributed by atoms with Crippen LogP contribution in [0.2, 0.25) is 0 Å². The lowest BCUT2D eigenvalue weighted by Gasteiger charge is -2.10. The minimum absolute atomic E-state index is 0.173. The van der Waals surface area contributed by atoms with Crippen LogP contribution in [0.1, 0.15) is 26.2 Å². The molecule has 0 N–H and O–H groups in total. The van der Waals surface area contributed by atoms with Gasteiger partial charge < -0.3 is 0 Å². The number of alkyl halides is 1. The van der Waals surface area contributed by atoms with E-state index in [9.17, 15) is 12.8 Å². The van der Waals surface area contributed by atoms with Crippen molar-refractivity contribution in [3.63, 3.8) is 0 Å². The molecule has 1 fully saturated rings. The highest BCUT2D eigenvalue weighted by Gasteiger charge is 2.26. The van der Waals surface area contributed by atoms with Gasteiger partial charge in [0.15, 0.2) is 9.84 Å². The lowest BCUT2D eigenvalue weighted by molar-refractivity contribution is 0.289. The normalized spacial score (nSPS) is 35.8. The van der Waals surface area contributed by atoms with E-state index in [0.717, 1.165) is 6.42 Å². The highest BCUT2D eigenvalue weighted by molar-refractivity contribution is 7.91. The Bertz CT molecular complexity index is 235. The standard InChI is InChI=1S/C8H15FO2S/c1-2-7-3-4-12(10,11)6-8(9)5-7/h7-8H,2-6H2,1H3. The SMILES string of the molecule is CCC1CCS(=O)(=O)CC(F)C1. The Morgan fingerprint density at radius 3 is 2.75 bits per heavy atom. The van der Waals surface area contributed by atoms with E-state index in [-0.39, 0.29) is 17.4 Å². The Hall–Kier alpha value is -0.120. The maximum absolute atomic E-state index is 13.0. The zero-order chi connectivity index (χ0) is 9.19. The van der Waals surface area contributed by atoms with E-state index in [1.54, 1.807) is 0 Å². The Morgan fingerprint density at radius 1 is 1.50 bits per heavy atom. The second kappa shape index (κ2) is 3.73. The molecule has 1 heterocycles. The Morgan fingerprint density at radius 2 is 2.17 bits per heavy atom. The molecule has 0 aromatic heterocycles. The van der Waals surface area contributed by atoms with Crippen LogP contribution in [0.5, 0.6) is 0 Å². The fourth-order valence-corrected chi connectivity index (χ4v) is 3.17. The van der Waals surface area contributed by atoms with Crippen LogP contribution < -0.4 is 0 Å². The molecule has 1 rings (SSSR count). The predicted octanol–water partition coefficient (Wildman–Crippen LogP) is 1.56. The second-order valence-corrected chi connectivity index (χ2v) is 5.74. The molecule has 2 nitrogen and oxygen atoms in total. The van der Waals surface area contributed by atoms with Gasteiger partial charge in [-0.1, -0.05) is 13.3 Å². The number of halogens is 1. The summed E-state index contributed by atoms with van der Waals surface area (Å²) in [6, 6.07) is 0. The van der Waals surface area contributed by atoms with Gasteiger partial charge in [0.1, 0.15) is 6.17 Å². The lowest BCUT2D eigenvalue weighted by Crippen LogP contribution is -2.16.